The van der Waals surface area contributed by atoms with E-state index in [0.29, 0.717) is 16.7 Å². The summed E-state index contributed by atoms with van der Waals surface area (Å²) in [5.74, 6) is 0.481. The zero-order valence-corrected chi connectivity index (χ0v) is 10.2. The van der Waals surface area contributed by atoms with Gasteiger partial charge in [-0.3, -0.25) is 4.79 Å². The topological polar surface area (TPSA) is 71.8 Å². The second-order valence-electron chi connectivity index (χ2n) is 4.36. The van der Waals surface area contributed by atoms with Gasteiger partial charge in [-0.1, -0.05) is 42.5 Å². The van der Waals surface area contributed by atoms with Crippen LogP contribution in [0, 0.1) is 0 Å². The second kappa shape index (κ2) is 4.66. The first-order valence-corrected chi connectivity index (χ1v) is 6.05. The molecular weight excluding hydrogens is 238 g/mol. The lowest BCUT2D eigenvalue weighted by molar-refractivity contribution is 0.783. The molecule has 3 N–H and O–H groups in total. The van der Waals surface area contributed by atoms with Gasteiger partial charge in [-0.2, -0.15) is 0 Å². The van der Waals surface area contributed by atoms with Gasteiger partial charge in [0.25, 0.3) is 5.56 Å². The molecule has 0 radical (unpaired) electrons. The number of nitrogens with one attached hydrogen (secondary N) is 1. The standard InChI is InChI=1S/C15H13N3O/c16-13(10-6-2-1-3-7-10)14-17-12-9-5-4-8-11(12)15(19)18-14/h1-9,13H,16H2,(H,17,18,19). The van der Waals surface area contributed by atoms with Crippen molar-refractivity contribution in [2.24, 2.45) is 5.73 Å². The Bertz CT molecular complexity index is 765. The Morgan fingerprint density at radius 2 is 1.68 bits per heavy atom. The van der Waals surface area contributed by atoms with Gasteiger partial charge in [0, 0.05) is 0 Å². The van der Waals surface area contributed by atoms with E-state index in [1.54, 1.807) is 6.07 Å². The van der Waals surface area contributed by atoms with Gasteiger partial charge in [-0.15, -0.1) is 0 Å². The van der Waals surface area contributed by atoms with Crippen LogP contribution in [0.1, 0.15) is 17.4 Å². The summed E-state index contributed by atoms with van der Waals surface area (Å²) in [5, 5.41) is 0.575. The SMILES string of the molecule is NC(c1ccccc1)c1nc2ccccc2c(=O)[nH]1. The van der Waals surface area contributed by atoms with Gasteiger partial charge in [0.2, 0.25) is 0 Å². The summed E-state index contributed by atoms with van der Waals surface area (Å²) in [4.78, 5) is 19.2. The van der Waals surface area contributed by atoms with E-state index in [4.69, 9.17) is 5.73 Å². The number of rotatable bonds is 2. The summed E-state index contributed by atoms with van der Waals surface area (Å²) in [5.41, 5.74) is 7.56. The number of benzene rings is 2. The number of hydrogen-bond donors (Lipinski definition) is 2. The lowest BCUT2D eigenvalue weighted by Crippen LogP contribution is -2.20. The van der Waals surface area contributed by atoms with Crippen LogP contribution in [0.4, 0.5) is 0 Å². The number of nitrogens with two attached hydrogens (primary N) is 1. The average molecular weight is 251 g/mol. The van der Waals surface area contributed by atoms with Crippen LogP contribution >= 0.6 is 0 Å². The van der Waals surface area contributed by atoms with Crippen LogP contribution in [0.5, 0.6) is 0 Å². The maximum Gasteiger partial charge on any atom is 0.258 e. The molecule has 0 aliphatic rings. The van der Waals surface area contributed by atoms with Crippen LogP contribution in [-0.2, 0) is 0 Å². The number of nitrogens with zero attached hydrogens (tertiary/aromatic N) is 1. The average Bonchev–Trinajstić information content (AvgIpc) is 2.47. The highest BCUT2D eigenvalue weighted by atomic mass is 16.1. The van der Waals surface area contributed by atoms with E-state index in [9.17, 15) is 4.79 Å². The molecule has 0 bridgehead atoms. The van der Waals surface area contributed by atoms with Crippen LogP contribution in [-0.4, -0.2) is 9.97 Å². The molecule has 0 saturated heterocycles. The Morgan fingerprint density at radius 1 is 1.00 bits per heavy atom. The largest absolute Gasteiger partial charge is 0.318 e. The van der Waals surface area contributed by atoms with Crippen molar-refractivity contribution in [2.75, 3.05) is 0 Å². The van der Waals surface area contributed by atoms with Crippen molar-refractivity contribution in [3.05, 3.63) is 76.3 Å². The number of H-pyrrole nitrogens is 1. The summed E-state index contributed by atoms with van der Waals surface area (Å²) >= 11 is 0. The summed E-state index contributed by atoms with van der Waals surface area (Å²) in [6.07, 6.45) is 0. The third-order valence-corrected chi connectivity index (χ3v) is 3.08. The summed E-state index contributed by atoms with van der Waals surface area (Å²) < 4.78 is 0. The number of hydrogen-bond acceptors (Lipinski definition) is 3. The fourth-order valence-electron chi connectivity index (χ4n) is 2.07. The van der Waals surface area contributed by atoms with Gasteiger partial charge < -0.3 is 10.7 Å². The van der Waals surface area contributed by atoms with Gasteiger partial charge in [-0.25, -0.2) is 4.98 Å². The maximum atomic E-state index is 12.0. The van der Waals surface area contributed by atoms with Crippen molar-refractivity contribution in [1.29, 1.82) is 0 Å². The third-order valence-electron chi connectivity index (χ3n) is 3.08. The molecule has 1 heterocycles. The van der Waals surface area contributed by atoms with Crippen LogP contribution in [0.15, 0.2) is 59.4 Å². The number of fused-ring (bicyclic) bond motifs is 1. The minimum atomic E-state index is -0.432. The van der Waals surface area contributed by atoms with E-state index < -0.39 is 6.04 Å². The van der Waals surface area contributed by atoms with Crippen LogP contribution in [0.2, 0.25) is 0 Å². The Balaban J connectivity index is 2.14. The van der Waals surface area contributed by atoms with Crippen molar-refractivity contribution in [2.45, 2.75) is 6.04 Å². The minimum Gasteiger partial charge on any atom is -0.318 e. The smallest absolute Gasteiger partial charge is 0.258 e. The monoisotopic (exact) mass is 251 g/mol. The Hall–Kier alpha value is -2.46. The molecule has 2 aromatic carbocycles. The number of aromatic amines is 1. The molecule has 0 aliphatic carbocycles. The zero-order chi connectivity index (χ0) is 13.2. The Kier molecular flexibility index (Phi) is 2.85. The van der Waals surface area contributed by atoms with E-state index in [1.165, 1.54) is 0 Å². The van der Waals surface area contributed by atoms with Crippen molar-refractivity contribution < 1.29 is 0 Å². The summed E-state index contributed by atoms with van der Waals surface area (Å²) in [6, 6.07) is 16.4. The van der Waals surface area contributed by atoms with Crippen molar-refractivity contribution in [3.8, 4) is 0 Å². The lowest BCUT2D eigenvalue weighted by Gasteiger charge is -2.11. The van der Waals surface area contributed by atoms with Crippen LogP contribution < -0.4 is 11.3 Å². The highest BCUT2D eigenvalue weighted by Crippen LogP contribution is 2.16. The molecule has 1 unspecified atom stereocenters. The number of para-hydroxylation sites is 1. The predicted octanol–water partition coefficient (Wildman–Crippen LogP) is 1.97. The molecule has 0 spiro atoms. The molecule has 0 aliphatic heterocycles. The van der Waals surface area contributed by atoms with Gasteiger partial charge in [0.05, 0.1) is 16.9 Å². The van der Waals surface area contributed by atoms with Crippen LogP contribution in [0.3, 0.4) is 0 Å². The Morgan fingerprint density at radius 3 is 2.47 bits per heavy atom. The fourth-order valence-corrected chi connectivity index (χ4v) is 2.07. The molecule has 0 amide bonds. The van der Waals surface area contributed by atoms with E-state index in [1.807, 2.05) is 48.5 Å². The zero-order valence-electron chi connectivity index (χ0n) is 10.2. The Labute approximate surface area is 109 Å². The molecule has 0 saturated carbocycles. The van der Waals surface area contributed by atoms with Gasteiger partial charge in [0.15, 0.2) is 0 Å². The first kappa shape index (κ1) is 11.6. The minimum absolute atomic E-state index is 0.160. The molecule has 19 heavy (non-hydrogen) atoms. The van der Waals surface area contributed by atoms with Gasteiger partial charge in [0.1, 0.15) is 5.82 Å². The van der Waals surface area contributed by atoms with E-state index in [2.05, 4.69) is 9.97 Å². The first-order chi connectivity index (χ1) is 9.25. The fraction of sp³-hybridized carbons (Fsp3) is 0.0667. The molecule has 94 valence electrons. The van der Waals surface area contributed by atoms with Crippen LogP contribution in [0.25, 0.3) is 10.9 Å². The normalized spacial score (nSPS) is 12.5. The van der Waals surface area contributed by atoms with Crippen molar-refractivity contribution >= 4 is 10.9 Å². The summed E-state index contributed by atoms with van der Waals surface area (Å²) in [6.45, 7) is 0. The third kappa shape index (κ3) is 2.13. The molecular formula is C15H13N3O. The van der Waals surface area contributed by atoms with Gasteiger partial charge >= 0.3 is 0 Å². The van der Waals surface area contributed by atoms with Crippen molar-refractivity contribution in [3.63, 3.8) is 0 Å². The first-order valence-electron chi connectivity index (χ1n) is 6.05. The number of aromatic nitrogens is 2. The molecule has 3 rings (SSSR count). The predicted molar refractivity (Wildman–Crippen MR) is 74.8 cm³/mol. The molecule has 4 nitrogen and oxygen atoms in total. The van der Waals surface area contributed by atoms with Gasteiger partial charge in [-0.05, 0) is 17.7 Å². The molecule has 3 aromatic rings. The summed E-state index contributed by atoms with van der Waals surface area (Å²) in [7, 11) is 0. The maximum absolute atomic E-state index is 12.0. The highest BCUT2D eigenvalue weighted by Gasteiger charge is 2.12. The molecule has 1 atom stereocenters. The quantitative estimate of drug-likeness (QED) is 0.731. The second-order valence-corrected chi connectivity index (χ2v) is 4.36. The highest BCUT2D eigenvalue weighted by molar-refractivity contribution is 5.77. The van der Waals surface area contributed by atoms with Crippen molar-refractivity contribution in [1.82, 2.24) is 9.97 Å². The van der Waals surface area contributed by atoms with E-state index >= 15 is 0 Å². The van der Waals surface area contributed by atoms with E-state index in [-0.39, 0.29) is 5.56 Å². The molecule has 1 aromatic heterocycles. The molecule has 0 fully saturated rings. The molecule has 4 heteroatoms. The van der Waals surface area contributed by atoms with E-state index in [0.717, 1.165) is 5.56 Å². The lowest BCUT2D eigenvalue weighted by atomic mass is 10.1.